The molecule has 4 rings (SSSR count). The molecule has 1 aliphatic heterocycles. The van der Waals surface area contributed by atoms with E-state index in [1.54, 1.807) is 39.8 Å². The molecule has 0 aliphatic carbocycles. The van der Waals surface area contributed by atoms with E-state index in [0.717, 1.165) is 10.5 Å². The summed E-state index contributed by atoms with van der Waals surface area (Å²) in [5.74, 6) is 1.28. The van der Waals surface area contributed by atoms with Gasteiger partial charge >= 0.3 is 6.09 Å². The van der Waals surface area contributed by atoms with Crippen molar-refractivity contribution in [1.82, 2.24) is 9.80 Å². The second-order valence-corrected chi connectivity index (χ2v) is 11.6. The Balaban J connectivity index is 1.98. The number of piperazine rings is 1. The molecular weight excluding hydrogens is 632 g/mol. The van der Waals surface area contributed by atoms with E-state index in [1.165, 1.54) is 53.6 Å². The Hall–Kier alpha value is -5.39. The fourth-order valence-corrected chi connectivity index (χ4v) is 6.08. The first-order valence-corrected chi connectivity index (χ1v) is 15.6. The number of hydrogen-bond donors (Lipinski definition) is 0. The van der Waals surface area contributed by atoms with Gasteiger partial charge in [0.15, 0.2) is 23.0 Å². The van der Waals surface area contributed by atoms with Gasteiger partial charge in [-0.05, 0) is 51.5 Å². The summed E-state index contributed by atoms with van der Waals surface area (Å²) in [5, 5.41) is 0. The average molecular weight is 677 g/mol. The van der Waals surface area contributed by atoms with Crippen LogP contribution >= 0.6 is 0 Å². The zero-order valence-corrected chi connectivity index (χ0v) is 29.7. The number of hydrogen-bond acceptors (Lipinski definition) is 10. The van der Waals surface area contributed by atoms with Crippen LogP contribution in [0.1, 0.15) is 41.7 Å². The van der Waals surface area contributed by atoms with Crippen LogP contribution in [0.5, 0.6) is 34.5 Å². The summed E-state index contributed by atoms with van der Waals surface area (Å²) in [7, 11) is 9.01. The highest BCUT2D eigenvalue weighted by atomic mass is 16.6. The molecule has 3 amide bonds. The molecule has 1 aliphatic rings. The third-order valence-corrected chi connectivity index (χ3v) is 8.23. The lowest BCUT2D eigenvalue weighted by atomic mass is 9.95. The molecule has 1 unspecified atom stereocenters. The maximum Gasteiger partial charge on any atom is 0.417 e. The molecule has 12 heteroatoms. The van der Waals surface area contributed by atoms with Gasteiger partial charge in [0.05, 0.1) is 55.3 Å². The molecule has 0 spiro atoms. The third kappa shape index (κ3) is 7.23. The van der Waals surface area contributed by atoms with E-state index in [-0.39, 0.29) is 18.7 Å². The molecule has 3 aromatic rings. The van der Waals surface area contributed by atoms with Crippen molar-refractivity contribution in [2.75, 3.05) is 42.7 Å². The summed E-state index contributed by atoms with van der Waals surface area (Å²) in [6.07, 6.45) is -0.115. The molecule has 0 bridgehead atoms. The van der Waals surface area contributed by atoms with Gasteiger partial charge in [-0.3, -0.25) is 9.59 Å². The number of carbonyl (C=O) groups excluding carboxylic acids is 3. The number of rotatable bonds is 12. The molecule has 1 saturated heterocycles. The summed E-state index contributed by atoms with van der Waals surface area (Å²) in [4.78, 5) is 45.5. The second kappa shape index (κ2) is 15.7. The number of carbonyl (C=O) groups is 3. The first-order chi connectivity index (χ1) is 23.4. The van der Waals surface area contributed by atoms with Gasteiger partial charge in [-0.15, -0.1) is 0 Å². The molecule has 0 radical (unpaired) electrons. The van der Waals surface area contributed by atoms with E-state index in [4.69, 9.17) is 33.2 Å². The number of benzene rings is 3. The van der Waals surface area contributed by atoms with Crippen molar-refractivity contribution in [1.29, 1.82) is 0 Å². The van der Waals surface area contributed by atoms with Crippen LogP contribution in [0.4, 0.5) is 4.79 Å². The highest BCUT2D eigenvalue weighted by Crippen LogP contribution is 2.43. The number of ether oxygens (including phenoxy) is 7. The third-order valence-electron chi connectivity index (χ3n) is 8.23. The number of amides is 3. The zero-order chi connectivity index (χ0) is 36.0. The Labute approximate surface area is 287 Å². The first-order valence-electron chi connectivity index (χ1n) is 15.6. The Bertz CT molecular complexity index is 1740. The fraction of sp³-hybridized carbons (Fsp3) is 0.378. The molecular formula is C37H44N2O10. The lowest BCUT2D eigenvalue weighted by Gasteiger charge is -2.40. The highest BCUT2D eigenvalue weighted by molar-refractivity contribution is 6.13. The predicted octanol–water partition coefficient (Wildman–Crippen LogP) is 5.72. The number of imide groups is 1. The summed E-state index contributed by atoms with van der Waals surface area (Å²) in [6, 6.07) is 11.3. The quantitative estimate of drug-likeness (QED) is 0.220. The first kappa shape index (κ1) is 36.4. The monoisotopic (exact) mass is 676 g/mol. The van der Waals surface area contributed by atoms with E-state index in [2.05, 4.69) is 0 Å². The minimum Gasteiger partial charge on any atom is -0.496 e. The standard InChI is InChI=1S/C37H44N2O10/c1-21(2)49-37(42)39-28(17-26-19-30(44-6)34(48-10)23(4)32(26)46-8)35(40)38(20-24-14-12-11-13-15-24)27(36(39)41)16-25-18-29(43-5)33(47-9)22(3)31(25)45-7/h11-16,18-19,21,28H,17,20H2,1-10H3/b27-16+. The van der Waals surface area contributed by atoms with Crippen LogP contribution in [-0.4, -0.2) is 82.5 Å². The fourth-order valence-electron chi connectivity index (χ4n) is 6.08. The summed E-state index contributed by atoms with van der Waals surface area (Å²) < 4.78 is 39.3. The second-order valence-electron chi connectivity index (χ2n) is 11.6. The molecule has 49 heavy (non-hydrogen) atoms. The minimum atomic E-state index is -1.31. The predicted molar refractivity (Wildman–Crippen MR) is 183 cm³/mol. The van der Waals surface area contributed by atoms with E-state index < -0.39 is 30.1 Å². The van der Waals surface area contributed by atoms with Crippen LogP contribution in [-0.2, 0) is 27.3 Å². The van der Waals surface area contributed by atoms with Crippen molar-refractivity contribution in [2.45, 2.75) is 52.8 Å². The van der Waals surface area contributed by atoms with Crippen molar-refractivity contribution in [2.24, 2.45) is 0 Å². The van der Waals surface area contributed by atoms with Gasteiger partial charge in [0.25, 0.3) is 11.8 Å². The van der Waals surface area contributed by atoms with Crippen LogP contribution in [0.2, 0.25) is 0 Å². The number of nitrogens with zero attached hydrogens (tertiary/aromatic N) is 2. The lowest BCUT2D eigenvalue weighted by molar-refractivity contribution is -0.149. The maximum atomic E-state index is 14.8. The molecule has 1 atom stereocenters. The smallest absolute Gasteiger partial charge is 0.417 e. The van der Waals surface area contributed by atoms with E-state index >= 15 is 0 Å². The van der Waals surface area contributed by atoms with Crippen LogP contribution in [0.3, 0.4) is 0 Å². The summed E-state index contributed by atoms with van der Waals surface area (Å²) in [6.45, 7) is 6.96. The normalized spacial score (nSPS) is 15.4. The van der Waals surface area contributed by atoms with Crippen molar-refractivity contribution < 1.29 is 47.5 Å². The van der Waals surface area contributed by atoms with Crippen molar-refractivity contribution in [3.05, 3.63) is 76.0 Å². The topological polar surface area (TPSA) is 122 Å². The molecule has 3 aromatic carbocycles. The Morgan fingerprint density at radius 3 is 1.86 bits per heavy atom. The van der Waals surface area contributed by atoms with Gasteiger partial charge in [0.2, 0.25) is 0 Å². The van der Waals surface area contributed by atoms with Gasteiger partial charge in [0.1, 0.15) is 23.2 Å². The lowest BCUT2D eigenvalue weighted by Crippen LogP contribution is -2.61. The minimum absolute atomic E-state index is 0.0392. The van der Waals surface area contributed by atoms with Crippen LogP contribution in [0.25, 0.3) is 6.08 Å². The van der Waals surface area contributed by atoms with Gasteiger partial charge in [-0.1, -0.05) is 30.3 Å². The molecule has 1 fully saturated rings. The van der Waals surface area contributed by atoms with Gasteiger partial charge in [0, 0.05) is 28.7 Å². The summed E-state index contributed by atoms with van der Waals surface area (Å²) in [5.41, 5.74) is 2.90. The Morgan fingerprint density at radius 2 is 1.33 bits per heavy atom. The van der Waals surface area contributed by atoms with Crippen molar-refractivity contribution in [3.63, 3.8) is 0 Å². The van der Waals surface area contributed by atoms with Gasteiger partial charge in [-0.25, -0.2) is 9.69 Å². The Morgan fingerprint density at radius 1 is 0.776 bits per heavy atom. The highest BCUT2D eigenvalue weighted by Gasteiger charge is 2.47. The van der Waals surface area contributed by atoms with Gasteiger partial charge in [-0.2, -0.15) is 0 Å². The molecule has 0 aromatic heterocycles. The van der Waals surface area contributed by atoms with Gasteiger partial charge < -0.3 is 38.1 Å². The SMILES string of the molecule is COc1cc(/C=C2\C(=O)N(C(=O)OC(C)C)C(Cc3cc(OC)c(OC)c(C)c3OC)C(=O)N2Cc2ccccc2)c(OC)c(C)c1OC. The zero-order valence-electron chi connectivity index (χ0n) is 29.7. The van der Waals surface area contributed by atoms with Crippen LogP contribution in [0.15, 0.2) is 48.2 Å². The molecule has 262 valence electrons. The summed E-state index contributed by atoms with van der Waals surface area (Å²) >= 11 is 0. The van der Waals surface area contributed by atoms with E-state index in [1.807, 2.05) is 30.3 Å². The average Bonchev–Trinajstić information content (AvgIpc) is 3.08. The van der Waals surface area contributed by atoms with Crippen molar-refractivity contribution >= 4 is 24.0 Å². The Kier molecular flexibility index (Phi) is 11.7. The molecule has 0 saturated carbocycles. The van der Waals surface area contributed by atoms with Crippen LogP contribution in [0, 0.1) is 13.8 Å². The molecule has 12 nitrogen and oxygen atoms in total. The van der Waals surface area contributed by atoms with Crippen molar-refractivity contribution in [3.8, 4) is 34.5 Å². The molecule has 1 heterocycles. The van der Waals surface area contributed by atoms with E-state index in [9.17, 15) is 14.4 Å². The molecule has 0 N–H and O–H groups in total. The van der Waals surface area contributed by atoms with E-state index in [0.29, 0.717) is 56.8 Å². The van der Waals surface area contributed by atoms with Crippen LogP contribution < -0.4 is 28.4 Å². The largest absolute Gasteiger partial charge is 0.496 e. The maximum absolute atomic E-state index is 14.8. The number of methoxy groups -OCH3 is 6.